The lowest BCUT2D eigenvalue weighted by Crippen LogP contribution is -2.25. The van der Waals surface area contributed by atoms with Crippen molar-refractivity contribution in [3.63, 3.8) is 0 Å². The Morgan fingerprint density at radius 3 is 2.57 bits per heavy atom. The molecular formula is C15H17FN2O3. The summed E-state index contributed by atoms with van der Waals surface area (Å²) in [5, 5.41) is 17.5. The number of nitrogens with zero attached hydrogens (tertiary/aromatic N) is 2. The average molecular weight is 292 g/mol. The van der Waals surface area contributed by atoms with Crippen molar-refractivity contribution in [3.8, 4) is 11.6 Å². The van der Waals surface area contributed by atoms with Crippen LogP contribution in [0.5, 0.6) is 11.6 Å². The molecule has 5 nitrogen and oxygen atoms in total. The molecule has 1 N–H and O–H groups in total. The Bertz CT molecular complexity index is 607. The van der Waals surface area contributed by atoms with Crippen molar-refractivity contribution in [2.24, 2.45) is 0 Å². The van der Waals surface area contributed by atoms with Crippen LogP contribution in [0.3, 0.4) is 0 Å². The summed E-state index contributed by atoms with van der Waals surface area (Å²) in [4.78, 5) is 0. The van der Waals surface area contributed by atoms with Gasteiger partial charge in [0.1, 0.15) is 19.3 Å². The van der Waals surface area contributed by atoms with E-state index in [1.807, 2.05) is 13.8 Å². The van der Waals surface area contributed by atoms with Crippen molar-refractivity contribution in [2.45, 2.75) is 20.0 Å². The van der Waals surface area contributed by atoms with E-state index >= 15 is 0 Å². The highest BCUT2D eigenvalue weighted by atomic mass is 19.1. The number of hydrogen-bond donors (Lipinski definition) is 1. The molecule has 0 saturated carbocycles. The fraction of sp³-hybridized carbons (Fsp3) is 0.333. The first-order valence-corrected chi connectivity index (χ1v) is 6.55. The largest absolute Gasteiger partial charge is 0.488 e. The third-order valence-corrected chi connectivity index (χ3v) is 2.90. The van der Waals surface area contributed by atoms with Crippen molar-refractivity contribution in [1.29, 1.82) is 0 Å². The van der Waals surface area contributed by atoms with Crippen LogP contribution in [-0.4, -0.2) is 34.6 Å². The number of aryl methyl sites for hydroxylation is 2. The van der Waals surface area contributed by atoms with Crippen molar-refractivity contribution >= 4 is 0 Å². The van der Waals surface area contributed by atoms with Gasteiger partial charge in [-0.3, -0.25) is 0 Å². The molecule has 0 fully saturated rings. The first-order valence-electron chi connectivity index (χ1n) is 6.55. The van der Waals surface area contributed by atoms with Crippen LogP contribution in [0.4, 0.5) is 4.39 Å². The molecule has 1 atom stereocenters. The Morgan fingerprint density at radius 2 is 1.86 bits per heavy atom. The molecule has 112 valence electrons. The summed E-state index contributed by atoms with van der Waals surface area (Å²) in [5.74, 6) is -0.0313. The molecule has 0 bridgehead atoms. The third kappa shape index (κ3) is 4.39. The fourth-order valence-corrected chi connectivity index (χ4v) is 1.57. The third-order valence-electron chi connectivity index (χ3n) is 2.90. The maximum atomic E-state index is 13.3. The Labute approximate surface area is 122 Å². The minimum Gasteiger partial charge on any atom is -0.488 e. The van der Waals surface area contributed by atoms with Gasteiger partial charge in [-0.05, 0) is 31.5 Å². The number of halogens is 1. The van der Waals surface area contributed by atoms with Crippen LogP contribution in [0.25, 0.3) is 0 Å². The molecule has 0 radical (unpaired) electrons. The number of aliphatic hydroxyl groups excluding tert-OH is 1. The number of rotatable bonds is 6. The van der Waals surface area contributed by atoms with Gasteiger partial charge in [0, 0.05) is 6.07 Å². The Kier molecular flexibility index (Phi) is 5.05. The molecule has 1 unspecified atom stereocenters. The number of benzene rings is 1. The lowest BCUT2D eigenvalue weighted by Gasteiger charge is -2.13. The molecule has 1 aromatic heterocycles. The van der Waals surface area contributed by atoms with Crippen LogP contribution in [0.1, 0.15) is 11.3 Å². The Morgan fingerprint density at radius 1 is 1.14 bits per heavy atom. The molecule has 1 heterocycles. The van der Waals surface area contributed by atoms with E-state index < -0.39 is 11.9 Å². The van der Waals surface area contributed by atoms with Crippen LogP contribution in [-0.2, 0) is 0 Å². The molecule has 0 aliphatic carbocycles. The number of hydrogen-bond acceptors (Lipinski definition) is 5. The molecule has 0 aliphatic heterocycles. The fourth-order valence-electron chi connectivity index (χ4n) is 1.57. The van der Waals surface area contributed by atoms with E-state index in [1.54, 1.807) is 18.2 Å². The highest BCUT2D eigenvalue weighted by Crippen LogP contribution is 2.15. The second kappa shape index (κ2) is 6.99. The highest BCUT2D eigenvalue weighted by molar-refractivity contribution is 5.23. The average Bonchev–Trinajstić information content (AvgIpc) is 2.47. The molecule has 0 amide bonds. The maximum Gasteiger partial charge on any atom is 0.233 e. The zero-order valence-electron chi connectivity index (χ0n) is 11.9. The molecule has 2 aromatic rings. The van der Waals surface area contributed by atoms with Gasteiger partial charge >= 0.3 is 0 Å². The SMILES string of the molecule is Cc1cc(OCC(O)COc2ccccc2F)nnc1C. The molecule has 0 spiro atoms. The first-order chi connectivity index (χ1) is 10.1. The summed E-state index contributed by atoms with van der Waals surface area (Å²) in [6.07, 6.45) is -0.895. The highest BCUT2D eigenvalue weighted by Gasteiger charge is 2.10. The van der Waals surface area contributed by atoms with Gasteiger partial charge in [-0.2, -0.15) is 5.10 Å². The number of aromatic nitrogens is 2. The lowest BCUT2D eigenvalue weighted by atomic mass is 10.2. The van der Waals surface area contributed by atoms with E-state index in [0.717, 1.165) is 11.3 Å². The predicted octanol–water partition coefficient (Wildman–Crippen LogP) is 2.05. The van der Waals surface area contributed by atoms with Crippen molar-refractivity contribution in [2.75, 3.05) is 13.2 Å². The standard InChI is InChI=1S/C15H17FN2O3/c1-10-7-15(18-17-11(10)2)21-9-12(19)8-20-14-6-4-3-5-13(14)16/h3-7,12,19H,8-9H2,1-2H3. The van der Waals surface area contributed by atoms with Gasteiger partial charge < -0.3 is 14.6 Å². The van der Waals surface area contributed by atoms with Crippen LogP contribution in [0.15, 0.2) is 30.3 Å². The quantitative estimate of drug-likeness (QED) is 0.882. The van der Waals surface area contributed by atoms with Crippen molar-refractivity contribution in [3.05, 3.63) is 47.4 Å². The minimum atomic E-state index is -0.895. The summed E-state index contributed by atoms with van der Waals surface area (Å²) in [6, 6.07) is 7.76. The van der Waals surface area contributed by atoms with E-state index in [0.29, 0.717) is 5.88 Å². The summed E-state index contributed by atoms with van der Waals surface area (Å²) in [7, 11) is 0. The van der Waals surface area contributed by atoms with Gasteiger partial charge in [0.05, 0.1) is 5.69 Å². The molecule has 0 saturated heterocycles. The summed E-state index contributed by atoms with van der Waals surface area (Å²) in [5.41, 5.74) is 1.78. The van der Waals surface area contributed by atoms with Crippen LogP contribution < -0.4 is 9.47 Å². The normalized spacial score (nSPS) is 12.0. The van der Waals surface area contributed by atoms with Crippen LogP contribution >= 0.6 is 0 Å². The minimum absolute atomic E-state index is 0.00830. The van der Waals surface area contributed by atoms with Gasteiger partial charge in [-0.1, -0.05) is 12.1 Å². The van der Waals surface area contributed by atoms with Crippen molar-refractivity contribution in [1.82, 2.24) is 10.2 Å². The smallest absolute Gasteiger partial charge is 0.233 e. The zero-order chi connectivity index (χ0) is 15.2. The second-order valence-electron chi connectivity index (χ2n) is 4.66. The van der Waals surface area contributed by atoms with Gasteiger partial charge in [0.25, 0.3) is 0 Å². The van der Waals surface area contributed by atoms with Gasteiger partial charge in [-0.25, -0.2) is 4.39 Å². The topological polar surface area (TPSA) is 64.5 Å². The van der Waals surface area contributed by atoms with Gasteiger partial charge in [-0.15, -0.1) is 5.10 Å². The number of para-hydroxylation sites is 1. The first kappa shape index (κ1) is 15.2. The van der Waals surface area contributed by atoms with E-state index in [9.17, 15) is 9.50 Å². The second-order valence-corrected chi connectivity index (χ2v) is 4.66. The monoisotopic (exact) mass is 292 g/mol. The van der Waals surface area contributed by atoms with E-state index in [-0.39, 0.29) is 19.0 Å². The van der Waals surface area contributed by atoms with Crippen LogP contribution in [0, 0.1) is 19.7 Å². The molecule has 2 rings (SSSR count). The molecule has 21 heavy (non-hydrogen) atoms. The van der Waals surface area contributed by atoms with E-state index in [4.69, 9.17) is 9.47 Å². The predicted molar refractivity (Wildman–Crippen MR) is 74.9 cm³/mol. The van der Waals surface area contributed by atoms with Gasteiger partial charge in [0.2, 0.25) is 5.88 Å². The van der Waals surface area contributed by atoms with Gasteiger partial charge in [0.15, 0.2) is 11.6 Å². The van der Waals surface area contributed by atoms with E-state index in [2.05, 4.69) is 10.2 Å². The molecule has 1 aromatic carbocycles. The Balaban J connectivity index is 1.81. The number of ether oxygens (including phenoxy) is 2. The summed E-state index contributed by atoms with van der Waals surface area (Å²) < 4.78 is 23.8. The summed E-state index contributed by atoms with van der Waals surface area (Å²) in [6.45, 7) is 3.67. The number of aliphatic hydroxyl groups is 1. The Hall–Kier alpha value is -2.21. The summed E-state index contributed by atoms with van der Waals surface area (Å²) >= 11 is 0. The van der Waals surface area contributed by atoms with Crippen molar-refractivity contribution < 1.29 is 19.0 Å². The van der Waals surface area contributed by atoms with E-state index in [1.165, 1.54) is 12.1 Å². The zero-order valence-corrected chi connectivity index (χ0v) is 11.9. The molecule has 6 heteroatoms. The van der Waals surface area contributed by atoms with Crippen LogP contribution in [0.2, 0.25) is 0 Å². The lowest BCUT2D eigenvalue weighted by molar-refractivity contribution is 0.0592. The maximum absolute atomic E-state index is 13.3. The molecule has 0 aliphatic rings. The molecular weight excluding hydrogens is 275 g/mol.